The van der Waals surface area contributed by atoms with E-state index in [0.717, 1.165) is 13.2 Å². The Morgan fingerprint density at radius 1 is 0.250 bits per heavy atom. The van der Waals surface area contributed by atoms with Crippen molar-refractivity contribution in [1.82, 2.24) is 0 Å². The van der Waals surface area contributed by atoms with Crippen LogP contribution < -0.4 is 51.4 Å². The van der Waals surface area contributed by atoms with E-state index in [-0.39, 0.29) is 51.4 Å². The smallest absolute Gasteiger partial charge is 0.381 e. The van der Waals surface area contributed by atoms with Crippen LogP contribution in [0.25, 0.3) is 0 Å². The van der Waals surface area contributed by atoms with E-state index in [9.17, 15) is 0 Å². The molecule has 2 aliphatic rings. The Morgan fingerprint density at radius 3 is 0.542 bits per heavy atom. The van der Waals surface area contributed by atoms with Crippen molar-refractivity contribution in [3.63, 3.8) is 0 Å². The quantitative estimate of drug-likeness (QED) is 0.450. The number of rotatable bonds is 0. The Balaban J connectivity index is 0.000000751. The molecular weight excluding hydrogens is 343 g/mol. The van der Waals surface area contributed by atoms with Gasteiger partial charge in [-0.25, -0.2) is 0 Å². The second kappa shape index (κ2) is 22.4. The van der Waals surface area contributed by atoms with Crippen LogP contribution in [-0.4, -0.2) is 92.5 Å². The molecule has 138 valence electrons. The third-order valence-electron chi connectivity index (χ3n) is 3.06. The van der Waals surface area contributed by atoms with Crippen LogP contribution in [0.3, 0.4) is 0 Å². The molecule has 0 aromatic rings. The molecule has 8 heteroatoms. The first-order valence-electron chi connectivity index (χ1n) is 8.54. The van der Waals surface area contributed by atoms with E-state index in [1.165, 1.54) is 12.8 Å². The standard InChI is InChI=1S/C12H24O6.C4H8O.K/c1-2-14-5-6-16-9-10-18-12-11-17-8-7-15-4-3-13-1;1-2-4-5-3-1;/h1-12H2;1-4H2;/q;;+1. The van der Waals surface area contributed by atoms with Crippen molar-refractivity contribution < 1.29 is 84.5 Å². The summed E-state index contributed by atoms with van der Waals surface area (Å²) in [5.74, 6) is 0. The van der Waals surface area contributed by atoms with E-state index < -0.39 is 0 Å². The van der Waals surface area contributed by atoms with Gasteiger partial charge in [0.1, 0.15) is 0 Å². The molecule has 2 fully saturated rings. The van der Waals surface area contributed by atoms with Crippen molar-refractivity contribution in [2.75, 3.05) is 92.5 Å². The van der Waals surface area contributed by atoms with Crippen LogP contribution in [0.4, 0.5) is 0 Å². The second-order valence-corrected chi connectivity index (χ2v) is 4.99. The minimum Gasteiger partial charge on any atom is -0.381 e. The molecule has 0 amide bonds. The van der Waals surface area contributed by atoms with E-state index in [0.29, 0.717) is 79.3 Å². The molecule has 0 aromatic heterocycles. The molecule has 2 saturated heterocycles. The maximum absolute atomic E-state index is 5.33. The van der Waals surface area contributed by atoms with Crippen molar-refractivity contribution in [1.29, 1.82) is 0 Å². The van der Waals surface area contributed by atoms with E-state index >= 15 is 0 Å². The van der Waals surface area contributed by atoms with Gasteiger partial charge in [0.25, 0.3) is 0 Å². The largest absolute Gasteiger partial charge is 1.00 e. The topological polar surface area (TPSA) is 64.6 Å². The number of ether oxygens (including phenoxy) is 7. The van der Waals surface area contributed by atoms with Gasteiger partial charge in [0.2, 0.25) is 0 Å². The van der Waals surface area contributed by atoms with Gasteiger partial charge in [-0.05, 0) is 12.8 Å². The van der Waals surface area contributed by atoms with Crippen LogP contribution in [-0.2, 0) is 33.2 Å². The van der Waals surface area contributed by atoms with Crippen molar-refractivity contribution in [3.8, 4) is 0 Å². The van der Waals surface area contributed by atoms with E-state index in [4.69, 9.17) is 33.2 Å². The SMILES string of the molecule is C1CCOC1.C1COCCOCCOCCOCCOCCO1.[K+]. The minimum atomic E-state index is 0. The Bertz CT molecular complexity index is 148. The molecule has 0 bridgehead atoms. The molecule has 0 unspecified atom stereocenters. The van der Waals surface area contributed by atoms with Crippen molar-refractivity contribution in [2.45, 2.75) is 12.8 Å². The molecule has 2 heterocycles. The summed E-state index contributed by atoms with van der Waals surface area (Å²) < 4.78 is 36.9. The fraction of sp³-hybridized carbons (Fsp3) is 1.00. The van der Waals surface area contributed by atoms with Gasteiger partial charge in [0.15, 0.2) is 0 Å². The molecule has 0 aromatic carbocycles. The molecule has 2 rings (SSSR count). The zero-order valence-corrected chi connectivity index (χ0v) is 18.3. The van der Waals surface area contributed by atoms with Crippen LogP contribution in [0.1, 0.15) is 12.8 Å². The van der Waals surface area contributed by atoms with Gasteiger partial charge in [-0.2, -0.15) is 0 Å². The van der Waals surface area contributed by atoms with Gasteiger partial charge in [-0.3, -0.25) is 0 Å². The summed E-state index contributed by atoms with van der Waals surface area (Å²) in [6.07, 6.45) is 2.56. The van der Waals surface area contributed by atoms with E-state index in [1.54, 1.807) is 0 Å². The summed E-state index contributed by atoms with van der Waals surface area (Å²) in [5.41, 5.74) is 0. The van der Waals surface area contributed by atoms with Crippen LogP contribution in [0.2, 0.25) is 0 Å². The van der Waals surface area contributed by atoms with E-state index in [1.807, 2.05) is 0 Å². The molecule has 0 N–H and O–H groups in total. The van der Waals surface area contributed by atoms with Crippen molar-refractivity contribution >= 4 is 0 Å². The summed E-state index contributed by atoms with van der Waals surface area (Å²) in [6.45, 7) is 9.04. The summed E-state index contributed by atoms with van der Waals surface area (Å²) in [4.78, 5) is 0. The molecule has 7 nitrogen and oxygen atoms in total. The van der Waals surface area contributed by atoms with Crippen molar-refractivity contribution in [3.05, 3.63) is 0 Å². The maximum atomic E-state index is 5.33. The van der Waals surface area contributed by atoms with Crippen LogP contribution in [0.5, 0.6) is 0 Å². The van der Waals surface area contributed by atoms with E-state index in [2.05, 4.69) is 0 Å². The van der Waals surface area contributed by atoms with Crippen LogP contribution >= 0.6 is 0 Å². The molecule has 2 aliphatic heterocycles. The molecular formula is C16H32KO7+. The zero-order valence-electron chi connectivity index (χ0n) is 15.2. The third kappa shape index (κ3) is 19.7. The van der Waals surface area contributed by atoms with Gasteiger partial charge >= 0.3 is 51.4 Å². The average Bonchev–Trinajstić information content (AvgIpc) is 3.15. The van der Waals surface area contributed by atoms with Crippen molar-refractivity contribution in [2.24, 2.45) is 0 Å². The Kier molecular flexibility index (Phi) is 23.7. The first kappa shape index (κ1) is 25.4. The summed E-state index contributed by atoms with van der Waals surface area (Å²) in [5, 5.41) is 0. The normalized spacial score (nSPS) is 23.0. The Labute approximate surface area is 188 Å². The molecule has 24 heavy (non-hydrogen) atoms. The first-order chi connectivity index (χ1) is 11.5. The fourth-order valence-corrected chi connectivity index (χ4v) is 1.83. The Morgan fingerprint density at radius 2 is 0.417 bits per heavy atom. The predicted molar refractivity (Wildman–Crippen MR) is 85.0 cm³/mol. The third-order valence-corrected chi connectivity index (χ3v) is 3.06. The summed E-state index contributed by atoms with van der Waals surface area (Å²) in [6, 6.07) is 0. The van der Waals surface area contributed by atoms with Crippen LogP contribution in [0, 0.1) is 0 Å². The zero-order chi connectivity index (χ0) is 16.3. The molecule has 0 radical (unpaired) electrons. The fourth-order valence-electron chi connectivity index (χ4n) is 1.83. The van der Waals surface area contributed by atoms with Gasteiger partial charge in [0, 0.05) is 13.2 Å². The molecule has 0 spiro atoms. The molecule has 0 saturated carbocycles. The second-order valence-electron chi connectivity index (χ2n) is 4.99. The van der Waals surface area contributed by atoms with Gasteiger partial charge in [-0.1, -0.05) is 0 Å². The summed E-state index contributed by atoms with van der Waals surface area (Å²) in [7, 11) is 0. The van der Waals surface area contributed by atoms with Gasteiger partial charge < -0.3 is 33.2 Å². The van der Waals surface area contributed by atoms with Gasteiger partial charge in [0.05, 0.1) is 79.3 Å². The van der Waals surface area contributed by atoms with Crippen LogP contribution in [0.15, 0.2) is 0 Å². The monoisotopic (exact) mass is 375 g/mol. The predicted octanol–water partition coefficient (Wildman–Crippen LogP) is -2.10. The minimum absolute atomic E-state index is 0. The molecule has 0 atom stereocenters. The maximum Gasteiger partial charge on any atom is 1.00 e. The Hall–Kier alpha value is 1.36. The number of hydrogen-bond acceptors (Lipinski definition) is 7. The number of hydrogen-bond donors (Lipinski definition) is 0. The summed E-state index contributed by atoms with van der Waals surface area (Å²) >= 11 is 0. The first-order valence-corrected chi connectivity index (χ1v) is 8.54. The average molecular weight is 376 g/mol. The molecule has 0 aliphatic carbocycles. The van der Waals surface area contributed by atoms with Gasteiger partial charge in [-0.15, -0.1) is 0 Å².